The largest absolute Gasteiger partial charge is 0.416 e. The molecular weight excluding hydrogens is 323 g/mol. The molecule has 0 amide bonds. The number of hydrogen-bond donors (Lipinski definition) is 1. The summed E-state index contributed by atoms with van der Waals surface area (Å²) in [6.45, 7) is 1.39. The molecule has 1 rings (SSSR count). The summed E-state index contributed by atoms with van der Waals surface area (Å²) in [5.41, 5.74) is -1.03. The smallest absolute Gasteiger partial charge is 0.282 e. The van der Waals surface area contributed by atoms with E-state index in [1.54, 1.807) is 0 Å². The van der Waals surface area contributed by atoms with Crippen molar-refractivity contribution in [1.29, 1.82) is 0 Å². The van der Waals surface area contributed by atoms with Crippen molar-refractivity contribution in [3.63, 3.8) is 0 Å². The molecule has 8 heteroatoms. The number of rotatable bonds is 3. The van der Waals surface area contributed by atoms with E-state index >= 15 is 0 Å². The Morgan fingerprint density at radius 2 is 1.94 bits per heavy atom. The number of anilines is 1. The van der Waals surface area contributed by atoms with Gasteiger partial charge in [-0.2, -0.15) is 13.2 Å². The maximum Gasteiger partial charge on any atom is 0.416 e. The van der Waals surface area contributed by atoms with Gasteiger partial charge in [0.25, 0.3) is 0 Å². The Morgan fingerprint density at radius 1 is 1.35 bits per heavy atom. The molecule has 0 spiro atoms. The lowest BCUT2D eigenvalue weighted by Gasteiger charge is -2.12. The summed E-state index contributed by atoms with van der Waals surface area (Å²) in [4.78, 5) is 0. The monoisotopic (exact) mass is 331 g/mol. The SMILES string of the molecule is CCS(=O)(=O)Nc1cc(C(F)(F)F)ccc1Br. The molecule has 0 radical (unpaired) electrons. The predicted octanol–water partition coefficient (Wildman–Crippen LogP) is 3.23. The Kier molecular flexibility index (Phi) is 4.08. The number of sulfonamides is 1. The Labute approximate surface area is 105 Å². The summed E-state index contributed by atoms with van der Waals surface area (Å²) in [6, 6.07) is 2.77. The minimum Gasteiger partial charge on any atom is -0.282 e. The van der Waals surface area contributed by atoms with Crippen LogP contribution in [0.1, 0.15) is 12.5 Å². The van der Waals surface area contributed by atoms with Gasteiger partial charge in [0, 0.05) is 4.47 Å². The zero-order valence-corrected chi connectivity index (χ0v) is 11.1. The molecule has 0 aliphatic heterocycles. The minimum atomic E-state index is -4.51. The van der Waals surface area contributed by atoms with Gasteiger partial charge >= 0.3 is 6.18 Å². The van der Waals surface area contributed by atoms with Crippen molar-refractivity contribution in [3.05, 3.63) is 28.2 Å². The molecule has 0 saturated heterocycles. The topological polar surface area (TPSA) is 46.2 Å². The van der Waals surface area contributed by atoms with E-state index in [2.05, 4.69) is 20.7 Å². The Hall–Kier alpha value is -0.760. The number of benzene rings is 1. The van der Waals surface area contributed by atoms with Crippen LogP contribution in [-0.4, -0.2) is 14.2 Å². The first-order valence-electron chi connectivity index (χ1n) is 4.53. The second-order valence-corrected chi connectivity index (χ2v) is 6.06. The Morgan fingerprint density at radius 3 is 2.41 bits per heavy atom. The van der Waals surface area contributed by atoms with Crippen LogP contribution in [0.15, 0.2) is 22.7 Å². The second kappa shape index (κ2) is 4.85. The fraction of sp³-hybridized carbons (Fsp3) is 0.333. The van der Waals surface area contributed by atoms with Crippen molar-refractivity contribution in [1.82, 2.24) is 0 Å². The van der Waals surface area contributed by atoms with Crippen molar-refractivity contribution < 1.29 is 21.6 Å². The van der Waals surface area contributed by atoms with Gasteiger partial charge in [0.1, 0.15) is 0 Å². The van der Waals surface area contributed by atoms with Gasteiger partial charge in [-0.15, -0.1) is 0 Å². The quantitative estimate of drug-likeness (QED) is 0.924. The van der Waals surface area contributed by atoms with Crippen LogP contribution in [-0.2, 0) is 16.2 Å². The van der Waals surface area contributed by atoms with Gasteiger partial charge in [-0.25, -0.2) is 8.42 Å². The molecule has 0 fully saturated rings. The first kappa shape index (κ1) is 14.3. The lowest BCUT2D eigenvalue weighted by molar-refractivity contribution is -0.137. The zero-order valence-electron chi connectivity index (χ0n) is 8.68. The highest BCUT2D eigenvalue weighted by atomic mass is 79.9. The van der Waals surface area contributed by atoms with Crippen molar-refractivity contribution in [3.8, 4) is 0 Å². The molecule has 3 nitrogen and oxygen atoms in total. The summed E-state index contributed by atoms with van der Waals surface area (Å²) >= 11 is 2.98. The molecule has 0 atom stereocenters. The lowest BCUT2D eigenvalue weighted by atomic mass is 10.2. The fourth-order valence-corrected chi connectivity index (χ4v) is 2.14. The van der Waals surface area contributed by atoms with Gasteiger partial charge in [0.15, 0.2) is 0 Å². The Bertz CT molecular complexity index is 513. The number of alkyl halides is 3. The van der Waals surface area contributed by atoms with Gasteiger partial charge in [-0.3, -0.25) is 4.72 Å². The lowest BCUT2D eigenvalue weighted by Crippen LogP contribution is -2.15. The van der Waals surface area contributed by atoms with E-state index in [9.17, 15) is 21.6 Å². The molecule has 1 aromatic rings. The van der Waals surface area contributed by atoms with E-state index in [1.165, 1.54) is 6.92 Å². The zero-order chi connectivity index (χ0) is 13.3. The molecular formula is C9H9BrF3NO2S. The van der Waals surface area contributed by atoms with E-state index < -0.39 is 21.8 Å². The van der Waals surface area contributed by atoms with Crippen LogP contribution < -0.4 is 4.72 Å². The Balaban J connectivity index is 3.17. The van der Waals surface area contributed by atoms with Crippen LogP contribution in [0.3, 0.4) is 0 Å². The van der Waals surface area contributed by atoms with Crippen molar-refractivity contribution in [2.24, 2.45) is 0 Å². The van der Waals surface area contributed by atoms with E-state index in [1.807, 2.05) is 0 Å². The van der Waals surface area contributed by atoms with Crippen molar-refractivity contribution >= 4 is 31.6 Å². The van der Waals surface area contributed by atoms with Gasteiger partial charge in [0.05, 0.1) is 17.0 Å². The molecule has 0 unspecified atom stereocenters. The molecule has 0 saturated carbocycles. The summed E-state index contributed by atoms with van der Waals surface area (Å²) in [6.07, 6.45) is -4.51. The van der Waals surface area contributed by atoms with E-state index in [0.717, 1.165) is 18.2 Å². The molecule has 17 heavy (non-hydrogen) atoms. The summed E-state index contributed by atoms with van der Waals surface area (Å²) in [5.74, 6) is -0.213. The van der Waals surface area contributed by atoms with E-state index in [-0.39, 0.29) is 15.9 Å². The molecule has 0 bridgehead atoms. The molecule has 1 aromatic carbocycles. The van der Waals surface area contributed by atoms with Crippen LogP contribution in [0.25, 0.3) is 0 Å². The van der Waals surface area contributed by atoms with Crippen molar-refractivity contribution in [2.45, 2.75) is 13.1 Å². The van der Waals surface area contributed by atoms with Crippen LogP contribution in [0, 0.1) is 0 Å². The fourth-order valence-electron chi connectivity index (χ4n) is 1.02. The highest BCUT2D eigenvalue weighted by Crippen LogP contribution is 2.34. The first-order valence-corrected chi connectivity index (χ1v) is 6.97. The third-order valence-corrected chi connectivity index (χ3v) is 3.92. The average molecular weight is 332 g/mol. The molecule has 96 valence electrons. The maximum absolute atomic E-state index is 12.4. The maximum atomic E-state index is 12.4. The van der Waals surface area contributed by atoms with Crippen LogP contribution in [0.2, 0.25) is 0 Å². The third kappa shape index (κ3) is 3.88. The first-order chi connectivity index (χ1) is 7.65. The van der Waals surface area contributed by atoms with Gasteiger partial charge in [-0.05, 0) is 41.1 Å². The highest BCUT2D eigenvalue weighted by molar-refractivity contribution is 9.10. The van der Waals surface area contributed by atoms with Crippen molar-refractivity contribution in [2.75, 3.05) is 10.5 Å². The van der Waals surface area contributed by atoms with Crippen LogP contribution >= 0.6 is 15.9 Å². The molecule has 0 aromatic heterocycles. The van der Waals surface area contributed by atoms with Crippen LogP contribution in [0.5, 0.6) is 0 Å². The third-order valence-electron chi connectivity index (χ3n) is 1.94. The van der Waals surface area contributed by atoms with E-state index in [4.69, 9.17) is 0 Å². The summed E-state index contributed by atoms with van der Waals surface area (Å²) in [5, 5.41) is 0. The molecule has 1 N–H and O–H groups in total. The molecule has 0 aliphatic carbocycles. The van der Waals surface area contributed by atoms with Gasteiger partial charge < -0.3 is 0 Å². The number of halogens is 4. The standard InChI is InChI=1S/C9H9BrF3NO2S/c1-2-17(15,16)14-8-5-6(9(11,12)13)3-4-7(8)10/h3-5,14H,2H2,1H3. The van der Waals surface area contributed by atoms with Gasteiger partial charge in [0.2, 0.25) is 10.0 Å². The minimum absolute atomic E-state index is 0.123. The number of nitrogens with one attached hydrogen (secondary N) is 1. The average Bonchev–Trinajstić information content (AvgIpc) is 2.19. The second-order valence-electron chi connectivity index (χ2n) is 3.20. The molecule has 0 aliphatic rings. The van der Waals surface area contributed by atoms with Crippen LogP contribution in [0.4, 0.5) is 18.9 Å². The summed E-state index contributed by atoms with van der Waals surface area (Å²) < 4.78 is 62.1. The highest BCUT2D eigenvalue weighted by Gasteiger charge is 2.31. The van der Waals surface area contributed by atoms with E-state index in [0.29, 0.717) is 0 Å². The predicted molar refractivity (Wildman–Crippen MR) is 62.2 cm³/mol. The summed E-state index contributed by atoms with van der Waals surface area (Å²) in [7, 11) is -3.60. The number of hydrogen-bond acceptors (Lipinski definition) is 2. The van der Waals surface area contributed by atoms with Gasteiger partial charge in [-0.1, -0.05) is 0 Å². The molecule has 0 heterocycles. The normalized spacial score (nSPS) is 12.5.